The maximum absolute atomic E-state index is 13.4. The van der Waals surface area contributed by atoms with E-state index in [1.165, 1.54) is 17.4 Å². The van der Waals surface area contributed by atoms with Gasteiger partial charge in [-0.1, -0.05) is 93.6 Å². The molecule has 1 aliphatic heterocycles. The second-order valence-corrected chi connectivity index (χ2v) is 21.6. The molecule has 0 saturated carbocycles. The van der Waals surface area contributed by atoms with Crippen molar-refractivity contribution in [3.8, 4) is 16.9 Å². The number of hydrogen-bond acceptors (Lipinski definition) is 6. The van der Waals surface area contributed by atoms with E-state index in [4.69, 9.17) is 4.74 Å². The molecule has 3 aliphatic rings. The number of amides is 1. The first-order valence-electron chi connectivity index (χ1n) is 14.1. The maximum atomic E-state index is 13.4. The van der Waals surface area contributed by atoms with E-state index < -0.39 is 39.3 Å². The Morgan fingerprint density at radius 2 is 1.57 bits per heavy atom. The lowest BCUT2D eigenvalue weighted by Crippen LogP contribution is -2.37. The number of benzene rings is 3. The molecule has 0 aromatic heterocycles. The van der Waals surface area contributed by atoms with Crippen molar-refractivity contribution in [3.05, 3.63) is 83.9 Å². The van der Waals surface area contributed by atoms with E-state index in [1.54, 1.807) is 18.2 Å². The fraction of sp³-hybridized carbons (Fsp3) is 0.387. The summed E-state index contributed by atoms with van der Waals surface area (Å²) in [7, 11) is -9.08. The lowest BCUT2D eigenvalue weighted by atomic mass is 9.95. The zero-order chi connectivity index (χ0) is 30.7. The normalized spacial score (nSPS) is 16.1. The minimum absolute atomic E-state index is 0.151. The Balaban J connectivity index is 0.000000587. The Morgan fingerprint density at radius 1 is 0.952 bits per heavy atom. The van der Waals surface area contributed by atoms with Crippen LogP contribution in [0.5, 0.6) is 5.75 Å². The molecule has 11 heteroatoms. The molecule has 1 heterocycles. The smallest absolute Gasteiger partial charge is 0.329 e. The van der Waals surface area contributed by atoms with Crippen LogP contribution in [-0.4, -0.2) is 54.5 Å². The molecule has 2 aliphatic carbocycles. The lowest BCUT2D eigenvalue weighted by Gasteiger charge is -2.25. The van der Waals surface area contributed by atoms with Gasteiger partial charge in [0, 0.05) is 20.9 Å². The summed E-state index contributed by atoms with van der Waals surface area (Å²) < 4.78 is 59.9. The largest absolute Gasteiger partial charge is 0.487 e. The quantitative estimate of drug-likeness (QED) is 0.188. The first-order chi connectivity index (χ1) is 19.7. The van der Waals surface area contributed by atoms with Gasteiger partial charge in [-0.05, 0) is 46.9 Å². The number of carbonyl (C=O) groups is 1. The fourth-order valence-corrected chi connectivity index (χ4v) is 8.67. The van der Waals surface area contributed by atoms with Crippen LogP contribution in [0.2, 0.25) is 25.7 Å². The fourth-order valence-electron chi connectivity index (χ4n) is 4.76. The average Bonchev–Trinajstić information content (AvgIpc) is 3.13. The van der Waals surface area contributed by atoms with E-state index in [0.29, 0.717) is 24.4 Å². The SMILES string of the molecule is CCCC(c1ccc(N2CC(=O)N(CC[Si](C)(C)C)S2(=O)=O)c(OCc2ccccc2)c1)S(C)(=O)=O.c1cc2ccc1-2. The van der Waals surface area contributed by atoms with Gasteiger partial charge in [-0.2, -0.15) is 8.42 Å². The predicted molar refractivity (Wildman–Crippen MR) is 171 cm³/mol. The zero-order valence-electron chi connectivity index (χ0n) is 24.9. The van der Waals surface area contributed by atoms with E-state index in [-0.39, 0.29) is 31.1 Å². The molecule has 0 spiro atoms. The number of ether oxygens (including phenoxy) is 1. The Bertz CT molecular complexity index is 1600. The number of anilines is 1. The van der Waals surface area contributed by atoms with Crippen molar-refractivity contribution in [1.82, 2.24) is 4.31 Å². The summed E-state index contributed by atoms with van der Waals surface area (Å²) in [5.41, 5.74) is 4.48. The number of sulfone groups is 1. The minimum atomic E-state index is -4.09. The summed E-state index contributed by atoms with van der Waals surface area (Å²) in [6, 6.07) is 23.3. The van der Waals surface area contributed by atoms with Gasteiger partial charge in [-0.15, -0.1) is 0 Å². The molecule has 42 heavy (non-hydrogen) atoms. The van der Waals surface area contributed by atoms with Crippen LogP contribution in [0.25, 0.3) is 11.1 Å². The number of rotatable bonds is 11. The van der Waals surface area contributed by atoms with E-state index in [2.05, 4.69) is 43.9 Å². The molecule has 0 bridgehead atoms. The molecule has 1 unspecified atom stereocenters. The standard InChI is InChI=1S/C25H36N2O6S2Si.C6H4/c1-6-10-24(34(2,29)30)21-13-14-22(23(17-21)33-19-20-11-8-7-9-12-20)27-18-25(28)26(35(27,31)32)15-16-36(3,4)5;1-2-6-4-3-5(1)6/h7-9,11-14,17,24H,6,10,15-16,18-19H2,1-5H3;1-4H. The Kier molecular flexibility index (Phi) is 9.54. The second kappa shape index (κ2) is 12.6. The van der Waals surface area contributed by atoms with Crippen LogP contribution in [0, 0.1) is 0 Å². The molecular weight excluding hydrogens is 589 g/mol. The molecule has 0 N–H and O–H groups in total. The molecule has 0 radical (unpaired) electrons. The Hall–Kier alpha value is -3.15. The Labute approximate surface area is 251 Å². The van der Waals surface area contributed by atoms with Crippen LogP contribution in [-0.2, 0) is 31.4 Å². The van der Waals surface area contributed by atoms with Crippen molar-refractivity contribution in [2.75, 3.05) is 23.7 Å². The summed E-state index contributed by atoms with van der Waals surface area (Å²) in [6.07, 6.45) is 2.30. The van der Waals surface area contributed by atoms with Gasteiger partial charge in [-0.3, -0.25) is 4.79 Å². The van der Waals surface area contributed by atoms with Crippen molar-refractivity contribution in [2.45, 2.75) is 57.3 Å². The van der Waals surface area contributed by atoms with E-state index >= 15 is 0 Å². The highest BCUT2D eigenvalue weighted by atomic mass is 32.2. The maximum Gasteiger partial charge on any atom is 0.329 e. The van der Waals surface area contributed by atoms with Crippen molar-refractivity contribution in [3.63, 3.8) is 0 Å². The van der Waals surface area contributed by atoms with Crippen LogP contribution in [0.4, 0.5) is 5.69 Å². The first kappa shape index (κ1) is 31.8. The van der Waals surface area contributed by atoms with Gasteiger partial charge < -0.3 is 4.74 Å². The zero-order valence-corrected chi connectivity index (χ0v) is 27.5. The summed E-state index contributed by atoms with van der Waals surface area (Å²) in [5.74, 6) is -0.254. The van der Waals surface area contributed by atoms with E-state index in [0.717, 1.165) is 14.2 Å². The highest BCUT2D eigenvalue weighted by molar-refractivity contribution is 7.91. The molecule has 5 rings (SSSR count). The summed E-state index contributed by atoms with van der Waals surface area (Å²) >= 11 is 0. The summed E-state index contributed by atoms with van der Waals surface area (Å²) in [4.78, 5) is 12.8. The highest BCUT2D eigenvalue weighted by Gasteiger charge is 2.44. The van der Waals surface area contributed by atoms with Crippen LogP contribution >= 0.6 is 0 Å². The van der Waals surface area contributed by atoms with Crippen LogP contribution in [0.1, 0.15) is 36.1 Å². The molecule has 8 nitrogen and oxygen atoms in total. The van der Waals surface area contributed by atoms with Crippen LogP contribution in [0.15, 0.2) is 72.8 Å². The number of nitrogens with zero attached hydrogens (tertiary/aromatic N) is 2. The predicted octanol–water partition coefficient (Wildman–Crippen LogP) is 6.05. The molecule has 1 saturated heterocycles. The second-order valence-electron chi connectivity index (χ2n) is 12.0. The van der Waals surface area contributed by atoms with E-state index in [1.807, 2.05) is 37.3 Å². The van der Waals surface area contributed by atoms with Gasteiger partial charge in [0.2, 0.25) is 0 Å². The van der Waals surface area contributed by atoms with Gasteiger partial charge in [0.15, 0.2) is 9.84 Å². The number of fused-ring (bicyclic) bond motifs is 1. The average molecular weight is 629 g/mol. The van der Waals surface area contributed by atoms with Crippen molar-refractivity contribution in [1.29, 1.82) is 0 Å². The minimum Gasteiger partial charge on any atom is -0.487 e. The van der Waals surface area contributed by atoms with Gasteiger partial charge in [0.1, 0.15) is 18.9 Å². The third-order valence-corrected chi connectivity index (χ3v) is 12.4. The monoisotopic (exact) mass is 628 g/mol. The van der Waals surface area contributed by atoms with Crippen molar-refractivity contribution >= 4 is 39.7 Å². The summed E-state index contributed by atoms with van der Waals surface area (Å²) in [6.45, 7) is 8.28. The summed E-state index contributed by atoms with van der Waals surface area (Å²) in [5, 5.41) is -0.735. The number of carbonyl (C=O) groups excluding carboxylic acids is 1. The van der Waals surface area contributed by atoms with Crippen LogP contribution < -0.4 is 9.04 Å². The van der Waals surface area contributed by atoms with Gasteiger partial charge in [-0.25, -0.2) is 17.0 Å². The molecule has 226 valence electrons. The molecule has 1 atom stereocenters. The third-order valence-electron chi connectivity index (χ3n) is 7.33. The Morgan fingerprint density at radius 3 is 2.07 bits per heavy atom. The lowest BCUT2D eigenvalue weighted by molar-refractivity contribution is -0.123. The van der Waals surface area contributed by atoms with Crippen molar-refractivity contribution in [2.24, 2.45) is 0 Å². The first-order valence-corrected chi connectivity index (χ1v) is 21.2. The van der Waals surface area contributed by atoms with Gasteiger partial charge >= 0.3 is 10.2 Å². The molecule has 1 fully saturated rings. The topological polar surface area (TPSA) is 101 Å². The van der Waals surface area contributed by atoms with Crippen LogP contribution in [0.3, 0.4) is 0 Å². The molecular formula is C31H40N2O6S2Si. The van der Waals surface area contributed by atoms with E-state index in [9.17, 15) is 21.6 Å². The molecule has 1 amide bonds. The molecule has 2 aromatic rings. The third kappa shape index (κ3) is 7.43. The molecule has 2 aromatic carbocycles. The van der Waals surface area contributed by atoms with Crippen molar-refractivity contribution < 1.29 is 26.4 Å². The van der Waals surface area contributed by atoms with Gasteiger partial charge in [0.25, 0.3) is 5.91 Å². The number of hydrogen-bond donors (Lipinski definition) is 0. The van der Waals surface area contributed by atoms with Gasteiger partial charge in [0.05, 0.1) is 10.9 Å². The highest BCUT2D eigenvalue weighted by Crippen LogP contribution is 2.39.